The van der Waals surface area contributed by atoms with Gasteiger partial charge in [0.25, 0.3) is 0 Å². The third-order valence-electron chi connectivity index (χ3n) is 4.56. The Bertz CT molecular complexity index is 672. The molecule has 7 heteroatoms. The summed E-state index contributed by atoms with van der Waals surface area (Å²) in [4.78, 5) is 17.2. The Morgan fingerprint density at radius 3 is 2.68 bits per heavy atom. The normalized spacial score (nSPS) is 16.0. The maximum atomic E-state index is 12.5. The van der Waals surface area contributed by atoms with Crippen molar-refractivity contribution in [1.82, 2.24) is 10.3 Å². The summed E-state index contributed by atoms with van der Waals surface area (Å²) in [6.07, 6.45) is 2.13. The molecule has 1 aliphatic heterocycles. The second-order valence-corrected chi connectivity index (χ2v) is 6.97. The molecule has 1 aromatic carbocycles. The van der Waals surface area contributed by atoms with E-state index in [1.807, 2.05) is 18.2 Å². The number of nitrogens with one attached hydrogen (secondary N) is 1. The third-order valence-corrected chi connectivity index (χ3v) is 5.50. The largest absolute Gasteiger partial charge is 0.381 e. The first-order valence-corrected chi connectivity index (χ1v) is 9.17. The van der Waals surface area contributed by atoms with E-state index in [4.69, 9.17) is 10.5 Å². The fraction of sp³-hybridized carbons (Fsp3) is 0.444. The highest BCUT2D eigenvalue weighted by Crippen LogP contribution is 2.29. The molecule has 3 N–H and O–H groups in total. The fourth-order valence-corrected chi connectivity index (χ4v) is 3.77. The lowest BCUT2D eigenvalue weighted by molar-refractivity contribution is -0.135. The van der Waals surface area contributed by atoms with Gasteiger partial charge in [-0.25, -0.2) is 4.98 Å². The average molecular weight is 382 g/mol. The van der Waals surface area contributed by atoms with Crippen LogP contribution in [0, 0.1) is 5.41 Å². The lowest BCUT2D eigenvalue weighted by atomic mass is 9.79. The number of nitrogens with two attached hydrogens (primary N) is 1. The first-order valence-electron chi connectivity index (χ1n) is 8.29. The zero-order valence-corrected chi connectivity index (χ0v) is 15.7. The van der Waals surface area contributed by atoms with Crippen molar-refractivity contribution < 1.29 is 9.53 Å². The van der Waals surface area contributed by atoms with Crippen molar-refractivity contribution in [1.29, 1.82) is 0 Å². The quantitative estimate of drug-likeness (QED) is 0.806. The van der Waals surface area contributed by atoms with Gasteiger partial charge in [0, 0.05) is 43.7 Å². The van der Waals surface area contributed by atoms with Crippen LogP contribution in [-0.4, -0.2) is 37.2 Å². The number of hydrogen-bond acceptors (Lipinski definition) is 5. The molecule has 0 bridgehead atoms. The highest BCUT2D eigenvalue weighted by atomic mass is 35.5. The number of aromatic nitrogens is 1. The Morgan fingerprint density at radius 1 is 1.28 bits per heavy atom. The number of ether oxygens (including phenoxy) is 1. The number of nitrogens with zero attached hydrogens (tertiary/aromatic N) is 1. The predicted octanol–water partition coefficient (Wildman–Crippen LogP) is 2.65. The van der Waals surface area contributed by atoms with Crippen LogP contribution in [-0.2, 0) is 16.0 Å². The Labute approximate surface area is 158 Å². The second-order valence-electron chi connectivity index (χ2n) is 6.11. The first kappa shape index (κ1) is 19.8. The van der Waals surface area contributed by atoms with Crippen molar-refractivity contribution in [3.63, 3.8) is 0 Å². The molecule has 136 valence electrons. The lowest BCUT2D eigenvalue weighted by Gasteiger charge is -2.34. The van der Waals surface area contributed by atoms with E-state index < -0.39 is 5.41 Å². The molecule has 1 saturated heterocycles. The molecule has 1 amide bonds. The predicted molar refractivity (Wildman–Crippen MR) is 103 cm³/mol. The first-order chi connectivity index (χ1) is 11.7. The molecule has 0 saturated carbocycles. The van der Waals surface area contributed by atoms with Crippen LogP contribution in [0.4, 0.5) is 0 Å². The highest BCUT2D eigenvalue weighted by Gasteiger charge is 2.38. The minimum atomic E-state index is -0.463. The monoisotopic (exact) mass is 381 g/mol. The van der Waals surface area contributed by atoms with Gasteiger partial charge < -0.3 is 15.8 Å². The van der Waals surface area contributed by atoms with Gasteiger partial charge in [0.15, 0.2) is 0 Å². The van der Waals surface area contributed by atoms with Crippen LogP contribution in [0.2, 0.25) is 0 Å². The Kier molecular flexibility index (Phi) is 7.38. The summed E-state index contributed by atoms with van der Waals surface area (Å²) in [5.74, 6) is 0.0480. The zero-order valence-electron chi connectivity index (χ0n) is 14.1. The van der Waals surface area contributed by atoms with Crippen LogP contribution in [0.1, 0.15) is 18.5 Å². The van der Waals surface area contributed by atoms with Crippen LogP contribution in [0.25, 0.3) is 10.6 Å². The number of hydrogen-bond donors (Lipinski definition) is 2. The molecule has 5 nitrogen and oxygen atoms in total. The van der Waals surface area contributed by atoms with E-state index >= 15 is 0 Å². The minimum absolute atomic E-state index is 0. The molecular weight excluding hydrogens is 358 g/mol. The Morgan fingerprint density at radius 2 is 2.00 bits per heavy atom. The van der Waals surface area contributed by atoms with Crippen molar-refractivity contribution in [2.24, 2.45) is 11.1 Å². The molecule has 2 aromatic rings. The SMILES string of the molecule is Cl.NCC1(C(=O)NCCc2csc(-c3ccccc3)n2)CCOCC1. The molecule has 0 unspecified atom stereocenters. The number of halogens is 1. The van der Waals surface area contributed by atoms with Gasteiger partial charge in [0.2, 0.25) is 5.91 Å². The Hall–Kier alpha value is -1.47. The van der Waals surface area contributed by atoms with Gasteiger partial charge in [-0.2, -0.15) is 0 Å². The van der Waals surface area contributed by atoms with Gasteiger partial charge in [-0.3, -0.25) is 4.79 Å². The number of benzene rings is 1. The summed E-state index contributed by atoms with van der Waals surface area (Å²) in [6.45, 7) is 2.17. The van der Waals surface area contributed by atoms with Crippen LogP contribution < -0.4 is 11.1 Å². The molecule has 0 spiro atoms. The van der Waals surface area contributed by atoms with Crippen LogP contribution in [0.3, 0.4) is 0 Å². The van der Waals surface area contributed by atoms with Gasteiger partial charge in [0.05, 0.1) is 11.1 Å². The molecule has 1 aromatic heterocycles. The molecule has 2 heterocycles. The van der Waals surface area contributed by atoms with Crippen molar-refractivity contribution in [2.45, 2.75) is 19.3 Å². The molecular formula is C18H24ClN3O2S. The molecule has 0 atom stereocenters. The highest BCUT2D eigenvalue weighted by molar-refractivity contribution is 7.13. The van der Waals surface area contributed by atoms with Gasteiger partial charge in [0.1, 0.15) is 5.01 Å². The zero-order chi connectivity index (χ0) is 16.8. The van der Waals surface area contributed by atoms with Gasteiger partial charge in [-0.05, 0) is 12.8 Å². The summed E-state index contributed by atoms with van der Waals surface area (Å²) in [7, 11) is 0. The lowest BCUT2D eigenvalue weighted by Crippen LogP contribution is -2.49. The molecule has 0 radical (unpaired) electrons. The topological polar surface area (TPSA) is 77.2 Å². The van der Waals surface area contributed by atoms with E-state index in [-0.39, 0.29) is 18.3 Å². The second kappa shape index (κ2) is 9.29. The van der Waals surface area contributed by atoms with Crippen LogP contribution in [0.15, 0.2) is 35.7 Å². The maximum Gasteiger partial charge on any atom is 0.227 e. The van der Waals surface area contributed by atoms with E-state index in [1.54, 1.807) is 11.3 Å². The summed E-state index contributed by atoms with van der Waals surface area (Å²) < 4.78 is 5.35. The average Bonchev–Trinajstić information content (AvgIpc) is 3.12. The number of carbonyl (C=O) groups excluding carboxylic acids is 1. The van der Waals surface area contributed by atoms with Crippen LogP contribution >= 0.6 is 23.7 Å². The van der Waals surface area contributed by atoms with Gasteiger partial charge >= 0.3 is 0 Å². The summed E-state index contributed by atoms with van der Waals surface area (Å²) in [6, 6.07) is 10.1. The van der Waals surface area contributed by atoms with E-state index in [2.05, 4.69) is 27.8 Å². The van der Waals surface area contributed by atoms with Gasteiger partial charge in [-0.15, -0.1) is 23.7 Å². The van der Waals surface area contributed by atoms with Crippen molar-refractivity contribution in [3.05, 3.63) is 41.4 Å². The maximum absolute atomic E-state index is 12.5. The number of rotatable bonds is 6. The fourth-order valence-electron chi connectivity index (χ4n) is 2.91. The minimum Gasteiger partial charge on any atom is -0.381 e. The smallest absolute Gasteiger partial charge is 0.227 e. The standard InChI is InChI=1S/C18H23N3O2S.ClH/c19-13-18(7-10-23-11-8-18)17(22)20-9-6-15-12-24-16(21-15)14-4-2-1-3-5-14;/h1-5,12H,6-11,13,19H2,(H,20,22);1H. The summed E-state index contributed by atoms with van der Waals surface area (Å²) in [5.41, 5.74) is 7.53. The number of carbonyl (C=O) groups is 1. The molecule has 25 heavy (non-hydrogen) atoms. The third kappa shape index (κ3) is 4.79. The van der Waals surface area contributed by atoms with Gasteiger partial charge in [-0.1, -0.05) is 30.3 Å². The Balaban J connectivity index is 0.00000225. The van der Waals surface area contributed by atoms with E-state index in [1.165, 1.54) is 0 Å². The number of thiazole rings is 1. The molecule has 0 aliphatic carbocycles. The van der Waals surface area contributed by atoms with E-state index in [9.17, 15) is 4.79 Å². The molecule has 3 rings (SSSR count). The van der Waals surface area contributed by atoms with Crippen molar-refractivity contribution in [2.75, 3.05) is 26.3 Å². The summed E-state index contributed by atoms with van der Waals surface area (Å²) in [5, 5.41) is 6.10. The molecule has 1 aliphatic rings. The molecule has 1 fully saturated rings. The van der Waals surface area contributed by atoms with Crippen LogP contribution in [0.5, 0.6) is 0 Å². The van der Waals surface area contributed by atoms with Crippen molar-refractivity contribution in [3.8, 4) is 10.6 Å². The van der Waals surface area contributed by atoms with E-state index in [0.717, 1.165) is 22.7 Å². The van der Waals surface area contributed by atoms with E-state index in [0.29, 0.717) is 39.1 Å². The van der Waals surface area contributed by atoms with Crippen molar-refractivity contribution >= 4 is 29.7 Å². The number of amides is 1. The summed E-state index contributed by atoms with van der Waals surface area (Å²) >= 11 is 1.63.